The van der Waals surface area contributed by atoms with Crippen molar-refractivity contribution >= 4 is 22.6 Å². The number of hydrogen-bond donors (Lipinski definition) is 2. The number of amides is 1. The molecule has 2 aromatic carbocycles. The highest BCUT2D eigenvalue weighted by Crippen LogP contribution is 2.28. The summed E-state index contributed by atoms with van der Waals surface area (Å²) in [7, 11) is 0. The number of para-hydroxylation sites is 1. The number of aromatic nitrogens is 2. The number of fused-ring (bicyclic) bond motifs is 1. The van der Waals surface area contributed by atoms with E-state index in [0.717, 1.165) is 25.2 Å². The maximum Gasteiger partial charge on any atom is 0.272 e. The van der Waals surface area contributed by atoms with Gasteiger partial charge in [-0.15, -0.1) is 0 Å². The molecule has 0 aliphatic rings. The number of rotatable bonds is 8. The second kappa shape index (κ2) is 8.18. The summed E-state index contributed by atoms with van der Waals surface area (Å²) in [6.45, 7) is 6.66. The zero-order chi connectivity index (χ0) is 20.3. The van der Waals surface area contributed by atoms with Crippen molar-refractivity contribution in [1.29, 1.82) is 0 Å². The molecular weight excluding hydrogens is 358 g/mol. The summed E-state index contributed by atoms with van der Waals surface area (Å²) in [5.74, 6) is -0.00468. The molecule has 0 spiro atoms. The molecule has 1 heterocycles. The second-order valence-corrected chi connectivity index (χ2v) is 6.53. The topological polar surface area (TPSA) is 118 Å². The van der Waals surface area contributed by atoms with Crippen LogP contribution < -0.4 is 5.73 Å². The smallest absolute Gasteiger partial charge is 0.272 e. The largest absolute Gasteiger partial charge is 0.366 e. The lowest BCUT2D eigenvalue weighted by molar-refractivity contribution is -0.385. The Morgan fingerprint density at radius 3 is 2.64 bits per heavy atom. The van der Waals surface area contributed by atoms with Crippen molar-refractivity contribution in [3.8, 4) is 11.4 Å². The maximum absolute atomic E-state index is 11.6. The molecule has 0 bridgehead atoms. The molecule has 0 unspecified atom stereocenters. The van der Waals surface area contributed by atoms with Crippen LogP contribution in [0, 0.1) is 10.1 Å². The number of aromatic amines is 1. The molecule has 1 aromatic heterocycles. The molecule has 28 heavy (non-hydrogen) atoms. The number of likely N-dealkylation sites (N-methyl/N-ethyl adjacent to an activating group) is 1. The van der Waals surface area contributed by atoms with Crippen molar-refractivity contribution in [1.82, 2.24) is 14.9 Å². The zero-order valence-electron chi connectivity index (χ0n) is 15.9. The maximum atomic E-state index is 11.6. The van der Waals surface area contributed by atoms with Crippen molar-refractivity contribution in [2.45, 2.75) is 20.3 Å². The Bertz CT molecular complexity index is 1020. The van der Waals surface area contributed by atoms with Gasteiger partial charge in [-0.25, -0.2) is 4.98 Å². The van der Waals surface area contributed by atoms with Crippen LogP contribution >= 0.6 is 0 Å². The fourth-order valence-corrected chi connectivity index (χ4v) is 3.30. The molecule has 0 fully saturated rings. The van der Waals surface area contributed by atoms with Gasteiger partial charge in [0.1, 0.15) is 11.3 Å². The SMILES string of the molecule is CCN(CC)CCc1cc(-c2nc3c(C(N)=O)cccc3[nH]2)ccc1[N+](=O)[O-]. The molecule has 0 saturated carbocycles. The molecule has 0 aliphatic heterocycles. The van der Waals surface area contributed by atoms with Crippen LogP contribution in [0.3, 0.4) is 0 Å². The van der Waals surface area contributed by atoms with Crippen molar-refractivity contribution in [3.63, 3.8) is 0 Å². The fraction of sp³-hybridized carbons (Fsp3) is 0.300. The van der Waals surface area contributed by atoms with Gasteiger partial charge in [0.05, 0.1) is 16.0 Å². The van der Waals surface area contributed by atoms with Crippen molar-refractivity contribution in [2.24, 2.45) is 5.73 Å². The number of nitrogens with two attached hydrogens (primary N) is 1. The van der Waals surface area contributed by atoms with Crippen LogP contribution in [-0.2, 0) is 6.42 Å². The van der Waals surface area contributed by atoms with Crippen LogP contribution in [0.1, 0.15) is 29.8 Å². The van der Waals surface area contributed by atoms with E-state index >= 15 is 0 Å². The minimum atomic E-state index is -0.549. The van der Waals surface area contributed by atoms with E-state index in [1.807, 2.05) is 6.07 Å². The Kier molecular flexibility index (Phi) is 5.70. The van der Waals surface area contributed by atoms with Crippen LogP contribution in [0.5, 0.6) is 0 Å². The van der Waals surface area contributed by atoms with Gasteiger partial charge < -0.3 is 15.6 Å². The third kappa shape index (κ3) is 3.86. The Labute approximate surface area is 162 Å². The van der Waals surface area contributed by atoms with Crippen LogP contribution in [-0.4, -0.2) is 45.3 Å². The summed E-state index contributed by atoms with van der Waals surface area (Å²) < 4.78 is 0. The van der Waals surface area contributed by atoms with E-state index in [1.165, 1.54) is 6.07 Å². The lowest BCUT2D eigenvalue weighted by Gasteiger charge is -2.17. The number of H-pyrrole nitrogens is 1. The number of primary amides is 1. The summed E-state index contributed by atoms with van der Waals surface area (Å²) in [6.07, 6.45) is 0.568. The second-order valence-electron chi connectivity index (χ2n) is 6.53. The van der Waals surface area contributed by atoms with Crippen LogP contribution in [0.25, 0.3) is 22.4 Å². The Morgan fingerprint density at radius 2 is 2.00 bits per heavy atom. The Balaban J connectivity index is 2.01. The lowest BCUT2D eigenvalue weighted by Crippen LogP contribution is -2.25. The number of benzene rings is 2. The molecule has 8 heteroatoms. The van der Waals surface area contributed by atoms with Crippen LogP contribution in [0.2, 0.25) is 0 Å². The first-order valence-electron chi connectivity index (χ1n) is 9.23. The van der Waals surface area contributed by atoms with Crippen molar-refractivity contribution in [3.05, 3.63) is 57.6 Å². The average molecular weight is 381 g/mol. The van der Waals surface area contributed by atoms with Gasteiger partial charge in [0.15, 0.2) is 0 Å². The number of carbonyl (C=O) groups excluding carboxylic acids is 1. The molecule has 3 rings (SSSR count). The van der Waals surface area contributed by atoms with Crippen molar-refractivity contribution in [2.75, 3.05) is 19.6 Å². The first-order chi connectivity index (χ1) is 13.4. The number of hydrogen-bond acceptors (Lipinski definition) is 5. The molecule has 1 amide bonds. The summed E-state index contributed by atoms with van der Waals surface area (Å²) >= 11 is 0. The number of nitro groups is 1. The molecule has 0 aliphatic carbocycles. The van der Waals surface area contributed by atoms with E-state index in [1.54, 1.807) is 24.3 Å². The number of imidazole rings is 1. The van der Waals surface area contributed by atoms with E-state index in [0.29, 0.717) is 34.4 Å². The average Bonchev–Trinajstić information content (AvgIpc) is 3.12. The van der Waals surface area contributed by atoms with Gasteiger partial charge in [0, 0.05) is 23.7 Å². The van der Waals surface area contributed by atoms with Crippen molar-refractivity contribution < 1.29 is 9.72 Å². The molecule has 3 N–H and O–H groups in total. The molecule has 0 saturated heterocycles. The van der Waals surface area contributed by atoms with E-state index in [4.69, 9.17) is 5.73 Å². The van der Waals surface area contributed by atoms with Gasteiger partial charge in [-0.1, -0.05) is 19.9 Å². The lowest BCUT2D eigenvalue weighted by atomic mass is 10.0. The number of carbonyl (C=O) groups is 1. The van der Waals surface area contributed by atoms with Crippen LogP contribution in [0.4, 0.5) is 5.69 Å². The van der Waals surface area contributed by atoms with E-state index in [9.17, 15) is 14.9 Å². The predicted molar refractivity (Wildman–Crippen MR) is 108 cm³/mol. The third-order valence-electron chi connectivity index (χ3n) is 4.92. The van der Waals surface area contributed by atoms with Gasteiger partial charge in [0.25, 0.3) is 11.6 Å². The highest BCUT2D eigenvalue weighted by molar-refractivity contribution is 6.04. The highest BCUT2D eigenvalue weighted by atomic mass is 16.6. The number of nitro benzene ring substituents is 1. The molecular formula is C20H23N5O3. The first kappa shape index (κ1) is 19.5. The van der Waals surface area contributed by atoms with Gasteiger partial charge in [-0.3, -0.25) is 14.9 Å². The molecule has 0 atom stereocenters. The fourth-order valence-electron chi connectivity index (χ4n) is 3.30. The summed E-state index contributed by atoms with van der Waals surface area (Å²) in [4.78, 5) is 32.6. The summed E-state index contributed by atoms with van der Waals surface area (Å²) in [6, 6.07) is 10.1. The van der Waals surface area contributed by atoms with Crippen LogP contribution in [0.15, 0.2) is 36.4 Å². The van der Waals surface area contributed by atoms with Gasteiger partial charge in [0.2, 0.25) is 0 Å². The third-order valence-corrected chi connectivity index (χ3v) is 4.92. The van der Waals surface area contributed by atoms with E-state index < -0.39 is 5.91 Å². The standard InChI is InChI=1S/C20H23N5O3/c1-3-24(4-2)11-10-13-12-14(8-9-17(13)25(27)28)20-22-16-7-5-6-15(19(21)26)18(16)23-20/h5-9,12H,3-4,10-11H2,1-2H3,(H2,21,26)(H,22,23). The quantitative estimate of drug-likeness (QED) is 0.459. The highest BCUT2D eigenvalue weighted by Gasteiger charge is 2.18. The Morgan fingerprint density at radius 1 is 1.25 bits per heavy atom. The molecule has 146 valence electrons. The molecule has 0 radical (unpaired) electrons. The van der Waals surface area contributed by atoms with E-state index in [2.05, 4.69) is 28.7 Å². The zero-order valence-corrected chi connectivity index (χ0v) is 15.9. The van der Waals surface area contributed by atoms with E-state index in [-0.39, 0.29) is 10.6 Å². The van der Waals surface area contributed by atoms with Gasteiger partial charge in [-0.05, 0) is 43.8 Å². The minimum absolute atomic E-state index is 0.102. The Hall–Kier alpha value is -3.26. The van der Waals surface area contributed by atoms with Gasteiger partial charge >= 0.3 is 0 Å². The monoisotopic (exact) mass is 381 g/mol. The molecule has 8 nitrogen and oxygen atoms in total. The normalized spacial score (nSPS) is 11.2. The number of nitrogens with one attached hydrogen (secondary N) is 1. The summed E-state index contributed by atoms with van der Waals surface area (Å²) in [5.41, 5.74) is 8.43. The molecule has 3 aromatic rings. The van der Waals surface area contributed by atoms with Gasteiger partial charge in [-0.2, -0.15) is 0 Å². The first-order valence-corrected chi connectivity index (χ1v) is 9.23. The summed E-state index contributed by atoms with van der Waals surface area (Å²) in [5, 5.41) is 11.4. The predicted octanol–water partition coefficient (Wildman–Crippen LogP) is 3.12. The number of nitrogens with zero attached hydrogens (tertiary/aromatic N) is 3. The minimum Gasteiger partial charge on any atom is -0.366 e.